The van der Waals surface area contributed by atoms with Crippen molar-refractivity contribution in [3.05, 3.63) is 65.2 Å². The molecule has 0 aromatic heterocycles. The third-order valence-electron chi connectivity index (χ3n) is 4.55. The summed E-state index contributed by atoms with van der Waals surface area (Å²) < 4.78 is 16.5. The molecule has 0 saturated heterocycles. The highest BCUT2D eigenvalue weighted by molar-refractivity contribution is 5.27. The van der Waals surface area contributed by atoms with Gasteiger partial charge in [0.1, 0.15) is 18.5 Å². The Labute approximate surface area is 175 Å². The van der Waals surface area contributed by atoms with Crippen molar-refractivity contribution >= 4 is 0 Å². The summed E-state index contributed by atoms with van der Waals surface area (Å²) in [6.07, 6.45) is 1.28. The summed E-state index contributed by atoms with van der Waals surface area (Å²) in [7, 11) is 1.72. The zero-order valence-corrected chi connectivity index (χ0v) is 17.9. The van der Waals surface area contributed by atoms with Crippen LogP contribution in [-0.2, 0) is 28.9 Å². The number of benzene rings is 2. The third-order valence-corrected chi connectivity index (χ3v) is 4.55. The maximum absolute atomic E-state index is 9.89. The van der Waals surface area contributed by atoms with E-state index in [1.165, 1.54) is 16.7 Å². The highest BCUT2D eigenvalue weighted by Gasteiger charge is 2.06. The maximum atomic E-state index is 9.89. The van der Waals surface area contributed by atoms with Gasteiger partial charge >= 0.3 is 0 Å². The van der Waals surface area contributed by atoms with Crippen LogP contribution in [0.15, 0.2) is 48.5 Å². The summed E-state index contributed by atoms with van der Waals surface area (Å²) in [5, 5.41) is 13.1. The van der Waals surface area contributed by atoms with Crippen LogP contribution in [0.2, 0.25) is 0 Å². The van der Waals surface area contributed by atoms with Crippen molar-refractivity contribution in [2.45, 2.75) is 45.4 Å². The standard InChI is InChI=1S/C24H35NO4/c1-19(2)25-16-23(26)18-29-24-10-8-21(9-11-24)13-15-28-17-22-6-4-20(5-7-22)12-14-27-3/h4-11,19,23,25-26H,12-18H2,1-3H3. The van der Waals surface area contributed by atoms with E-state index < -0.39 is 6.10 Å². The van der Waals surface area contributed by atoms with Gasteiger partial charge in [-0.25, -0.2) is 0 Å². The molecule has 2 aromatic rings. The zero-order valence-electron chi connectivity index (χ0n) is 17.9. The summed E-state index contributed by atoms with van der Waals surface area (Å²) in [6.45, 7) is 6.95. The molecule has 2 rings (SSSR count). The van der Waals surface area contributed by atoms with Gasteiger partial charge in [-0.1, -0.05) is 50.2 Å². The number of hydrogen-bond acceptors (Lipinski definition) is 5. The first-order valence-electron chi connectivity index (χ1n) is 10.3. The lowest BCUT2D eigenvalue weighted by molar-refractivity contribution is 0.104. The number of aliphatic hydroxyl groups is 1. The Morgan fingerprint density at radius 3 is 2.07 bits per heavy atom. The predicted molar refractivity (Wildman–Crippen MR) is 116 cm³/mol. The van der Waals surface area contributed by atoms with Crippen LogP contribution in [0, 0.1) is 0 Å². The zero-order chi connectivity index (χ0) is 20.9. The molecule has 2 aromatic carbocycles. The second kappa shape index (κ2) is 13.3. The normalized spacial score (nSPS) is 12.3. The van der Waals surface area contributed by atoms with E-state index in [-0.39, 0.29) is 6.61 Å². The first kappa shape index (κ1) is 23.4. The number of aliphatic hydroxyl groups excluding tert-OH is 1. The molecular weight excluding hydrogens is 366 g/mol. The molecule has 5 nitrogen and oxygen atoms in total. The highest BCUT2D eigenvalue weighted by atomic mass is 16.5. The van der Waals surface area contributed by atoms with Gasteiger partial charge < -0.3 is 24.6 Å². The van der Waals surface area contributed by atoms with Gasteiger partial charge in [-0.15, -0.1) is 0 Å². The van der Waals surface area contributed by atoms with E-state index >= 15 is 0 Å². The molecule has 1 atom stereocenters. The molecule has 1 unspecified atom stereocenters. The van der Waals surface area contributed by atoms with Gasteiger partial charge in [-0.3, -0.25) is 0 Å². The summed E-state index contributed by atoms with van der Waals surface area (Å²) in [6, 6.07) is 16.8. The van der Waals surface area contributed by atoms with E-state index in [0.29, 0.717) is 25.8 Å². The van der Waals surface area contributed by atoms with Gasteiger partial charge in [0.05, 0.1) is 19.8 Å². The molecular formula is C24H35NO4. The SMILES string of the molecule is COCCc1ccc(COCCc2ccc(OCC(O)CNC(C)C)cc2)cc1. The van der Waals surface area contributed by atoms with Crippen molar-refractivity contribution in [2.24, 2.45) is 0 Å². The van der Waals surface area contributed by atoms with Crippen LogP contribution in [0.3, 0.4) is 0 Å². The number of rotatable bonds is 14. The molecule has 0 amide bonds. The minimum Gasteiger partial charge on any atom is -0.491 e. The van der Waals surface area contributed by atoms with Crippen molar-refractivity contribution in [3.8, 4) is 5.75 Å². The van der Waals surface area contributed by atoms with E-state index in [2.05, 4.69) is 43.4 Å². The quantitative estimate of drug-likeness (QED) is 0.475. The van der Waals surface area contributed by atoms with Crippen molar-refractivity contribution in [1.29, 1.82) is 0 Å². The molecule has 0 fully saturated rings. The Morgan fingerprint density at radius 2 is 1.45 bits per heavy atom. The van der Waals surface area contributed by atoms with Crippen LogP contribution >= 0.6 is 0 Å². The Bertz CT molecular complexity index is 670. The molecule has 0 aliphatic rings. The van der Waals surface area contributed by atoms with Crippen molar-refractivity contribution in [2.75, 3.05) is 33.5 Å². The average Bonchev–Trinajstić information content (AvgIpc) is 2.74. The largest absolute Gasteiger partial charge is 0.491 e. The van der Waals surface area contributed by atoms with Crippen LogP contribution in [-0.4, -0.2) is 50.7 Å². The number of methoxy groups -OCH3 is 1. The fraction of sp³-hybridized carbons (Fsp3) is 0.500. The molecule has 0 aliphatic carbocycles. The van der Waals surface area contributed by atoms with Gasteiger partial charge in [0, 0.05) is 19.7 Å². The summed E-state index contributed by atoms with van der Waals surface area (Å²) in [5.41, 5.74) is 3.66. The van der Waals surface area contributed by atoms with Crippen LogP contribution in [0.5, 0.6) is 5.75 Å². The van der Waals surface area contributed by atoms with E-state index in [0.717, 1.165) is 25.2 Å². The molecule has 2 N–H and O–H groups in total. The Balaban J connectivity index is 1.63. The molecule has 29 heavy (non-hydrogen) atoms. The first-order chi connectivity index (χ1) is 14.1. The van der Waals surface area contributed by atoms with Crippen molar-refractivity contribution < 1.29 is 19.3 Å². The smallest absolute Gasteiger partial charge is 0.119 e. The molecule has 0 bridgehead atoms. The highest BCUT2D eigenvalue weighted by Crippen LogP contribution is 2.13. The average molecular weight is 402 g/mol. The molecule has 0 radical (unpaired) electrons. The van der Waals surface area contributed by atoms with Gasteiger partial charge in [-0.05, 0) is 41.7 Å². The predicted octanol–water partition coefficient (Wildman–Crippen LogP) is 3.37. The molecule has 0 saturated carbocycles. The summed E-state index contributed by atoms with van der Waals surface area (Å²) in [5.74, 6) is 0.770. The molecule has 0 spiro atoms. The van der Waals surface area contributed by atoms with Crippen LogP contribution in [0.25, 0.3) is 0 Å². The third kappa shape index (κ3) is 9.90. The maximum Gasteiger partial charge on any atom is 0.119 e. The van der Waals surface area contributed by atoms with E-state index in [4.69, 9.17) is 14.2 Å². The first-order valence-corrected chi connectivity index (χ1v) is 10.3. The lowest BCUT2D eigenvalue weighted by Gasteiger charge is -2.15. The van der Waals surface area contributed by atoms with Crippen LogP contribution in [0.1, 0.15) is 30.5 Å². The molecule has 0 aliphatic heterocycles. The second-order valence-electron chi connectivity index (χ2n) is 7.53. The minimum atomic E-state index is -0.514. The van der Waals surface area contributed by atoms with Crippen LogP contribution in [0.4, 0.5) is 0 Å². The lowest BCUT2D eigenvalue weighted by Crippen LogP contribution is -2.35. The Kier molecular flexibility index (Phi) is 10.7. The van der Waals surface area contributed by atoms with E-state index in [1.54, 1.807) is 7.11 Å². The topological polar surface area (TPSA) is 60.0 Å². The van der Waals surface area contributed by atoms with Gasteiger partial charge in [0.2, 0.25) is 0 Å². The van der Waals surface area contributed by atoms with Gasteiger partial charge in [0.25, 0.3) is 0 Å². The van der Waals surface area contributed by atoms with Gasteiger partial charge in [-0.2, -0.15) is 0 Å². The second-order valence-corrected chi connectivity index (χ2v) is 7.53. The van der Waals surface area contributed by atoms with Crippen molar-refractivity contribution in [1.82, 2.24) is 5.32 Å². The van der Waals surface area contributed by atoms with Crippen molar-refractivity contribution in [3.63, 3.8) is 0 Å². The van der Waals surface area contributed by atoms with Gasteiger partial charge in [0.15, 0.2) is 0 Å². The van der Waals surface area contributed by atoms with E-state index in [1.807, 2.05) is 24.3 Å². The molecule has 5 heteroatoms. The Morgan fingerprint density at radius 1 is 0.862 bits per heavy atom. The lowest BCUT2D eigenvalue weighted by atomic mass is 10.1. The van der Waals surface area contributed by atoms with E-state index in [9.17, 15) is 5.11 Å². The van der Waals surface area contributed by atoms with Crippen LogP contribution < -0.4 is 10.1 Å². The minimum absolute atomic E-state index is 0.284. The summed E-state index contributed by atoms with van der Waals surface area (Å²) >= 11 is 0. The monoisotopic (exact) mass is 401 g/mol. The Hall–Kier alpha value is -1.92. The number of ether oxygens (including phenoxy) is 3. The number of hydrogen-bond donors (Lipinski definition) is 2. The molecule has 0 heterocycles. The summed E-state index contributed by atoms with van der Waals surface area (Å²) in [4.78, 5) is 0. The fourth-order valence-electron chi connectivity index (χ4n) is 2.78. The molecule has 160 valence electrons. The number of nitrogens with one attached hydrogen (secondary N) is 1. The fourth-order valence-corrected chi connectivity index (χ4v) is 2.78.